The zero-order valence-corrected chi connectivity index (χ0v) is 24.0. The lowest BCUT2D eigenvalue weighted by molar-refractivity contribution is -0.116. The van der Waals surface area contributed by atoms with Crippen molar-refractivity contribution in [3.8, 4) is 5.75 Å². The molecule has 0 spiro atoms. The van der Waals surface area contributed by atoms with Gasteiger partial charge in [0.1, 0.15) is 11.4 Å². The largest absolute Gasteiger partial charge is 0.493 e. The van der Waals surface area contributed by atoms with Gasteiger partial charge >= 0.3 is 0 Å². The molecule has 2 heterocycles. The van der Waals surface area contributed by atoms with Gasteiger partial charge in [0.25, 0.3) is 11.8 Å². The monoisotopic (exact) mass is 534 g/mol. The molecule has 2 N–H and O–H groups in total. The lowest BCUT2D eigenvalue weighted by Gasteiger charge is -2.26. The number of hydrogen-bond acceptors (Lipinski definition) is 5. The molecule has 8 heteroatoms. The average Bonchev–Trinajstić information content (AvgIpc) is 3.32. The Balaban J connectivity index is 1.62. The standard InChI is InChI=1S/C31H42N4O4/c1-21(2)14-17-39-31(5,6)15-18-38-26-13-16-32-28-27(26)25(19-33-28)23(4)29(36)34-22(3)20-35(7)30(37)24-11-9-8-10-12-24/h8-13,16,19,21-22H,4,14-15,17-18,20H2,1-3,5-7H3,(H,32,33)(H,34,36)/t22-/m1/s1. The van der Waals surface area contributed by atoms with E-state index in [0.29, 0.717) is 59.0 Å². The number of fused-ring (bicyclic) bond motifs is 1. The van der Waals surface area contributed by atoms with E-state index in [1.54, 1.807) is 42.5 Å². The lowest BCUT2D eigenvalue weighted by atomic mass is 10.0. The van der Waals surface area contributed by atoms with Gasteiger partial charge in [-0.2, -0.15) is 0 Å². The summed E-state index contributed by atoms with van der Waals surface area (Å²) in [5.74, 6) is 0.802. The quantitative estimate of drug-likeness (QED) is 0.268. The third-order valence-electron chi connectivity index (χ3n) is 6.58. The number of benzene rings is 1. The number of likely N-dealkylation sites (N-methyl/N-ethyl adjacent to an activating group) is 1. The topological polar surface area (TPSA) is 96.6 Å². The number of carbonyl (C=O) groups excluding carboxylic acids is 2. The Hall–Kier alpha value is -3.65. The Kier molecular flexibility index (Phi) is 10.3. The van der Waals surface area contributed by atoms with Gasteiger partial charge in [-0.25, -0.2) is 4.98 Å². The van der Waals surface area contributed by atoms with Crippen LogP contribution in [0.15, 0.2) is 55.4 Å². The highest BCUT2D eigenvalue weighted by Gasteiger charge is 2.22. The zero-order valence-electron chi connectivity index (χ0n) is 24.0. The second-order valence-corrected chi connectivity index (χ2v) is 11.0. The van der Waals surface area contributed by atoms with Crippen molar-refractivity contribution < 1.29 is 19.1 Å². The first-order valence-electron chi connectivity index (χ1n) is 13.5. The van der Waals surface area contributed by atoms with Gasteiger partial charge in [-0.15, -0.1) is 0 Å². The van der Waals surface area contributed by atoms with E-state index in [-0.39, 0.29) is 23.5 Å². The predicted molar refractivity (Wildman–Crippen MR) is 156 cm³/mol. The van der Waals surface area contributed by atoms with Crippen molar-refractivity contribution >= 4 is 28.4 Å². The number of ether oxygens (including phenoxy) is 2. The van der Waals surface area contributed by atoms with Crippen LogP contribution in [0.5, 0.6) is 5.75 Å². The number of rotatable bonds is 14. The minimum atomic E-state index is -0.321. The molecule has 0 aliphatic carbocycles. The Morgan fingerprint density at radius 1 is 1.13 bits per heavy atom. The lowest BCUT2D eigenvalue weighted by Crippen LogP contribution is -2.42. The number of carbonyl (C=O) groups is 2. The molecule has 2 amide bonds. The number of pyridine rings is 1. The second-order valence-electron chi connectivity index (χ2n) is 11.0. The van der Waals surface area contributed by atoms with E-state index >= 15 is 0 Å². The maximum Gasteiger partial charge on any atom is 0.253 e. The molecule has 2 aromatic heterocycles. The molecule has 0 bridgehead atoms. The molecular weight excluding hydrogens is 492 g/mol. The van der Waals surface area contributed by atoms with Crippen LogP contribution in [0.25, 0.3) is 16.6 Å². The second kappa shape index (κ2) is 13.4. The first-order chi connectivity index (χ1) is 18.5. The maximum absolute atomic E-state index is 13.1. The molecule has 0 unspecified atom stereocenters. The molecule has 1 aromatic carbocycles. The van der Waals surface area contributed by atoms with Crippen LogP contribution >= 0.6 is 0 Å². The van der Waals surface area contributed by atoms with E-state index < -0.39 is 0 Å². The summed E-state index contributed by atoms with van der Waals surface area (Å²) < 4.78 is 12.2. The van der Waals surface area contributed by atoms with Crippen molar-refractivity contribution in [1.82, 2.24) is 20.2 Å². The van der Waals surface area contributed by atoms with E-state index in [1.807, 2.05) is 25.1 Å². The van der Waals surface area contributed by atoms with E-state index in [4.69, 9.17) is 9.47 Å². The fourth-order valence-electron chi connectivity index (χ4n) is 4.21. The van der Waals surface area contributed by atoms with Gasteiger partial charge in [0.15, 0.2) is 0 Å². The summed E-state index contributed by atoms with van der Waals surface area (Å²) >= 11 is 0. The van der Waals surface area contributed by atoms with Crippen LogP contribution < -0.4 is 10.1 Å². The highest BCUT2D eigenvalue weighted by atomic mass is 16.5. The fourth-order valence-corrected chi connectivity index (χ4v) is 4.21. The normalized spacial score (nSPS) is 12.4. The number of hydrogen-bond donors (Lipinski definition) is 2. The van der Waals surface area contributed by atoms with E-state index in [0.717, 1.165) is 13.0 Å². The molecule has 0 saturated heterocycles. The van der Waals surface area contributed by atoms with Crippen LogP contribution in [0.2, 0.25) is 0 Å². The number of aromatic nitrogens is 2. The summed E-state index contributed by atoms with van der Waals surface area (Å²) in [7, 11) is 1.72. The van der Waals surface area contributed by atoms with Gasteiger partial charge in [0.05, 0.1) is 17.6 Å². The van der Waals surface area contributed by atoms with Gasteiger partial charge in [0, 0.05) is 61.8 Å². The molecule has 0 fully saturated rings. The highest BCUT2D eigenvalue weighted by Crippen LogP contribution is 2.32. The van der Waals surface area contributed by atoms with Crippen molar-refractivity contribution in [2.45, 2.75) is 59.1 Å². The Morgan fingerprint density at radius 3 is 2.54 bits per heavy atom. The van der Waals surface area contributed by atoms with Crippen LogP contribution in [0, 0.1) is 5.92 Å². The summed E-state index contributed by atoms with van der Waals surface area (Å²) in [6, 6.07) is 10.6. The molecule has 3 rings (SSSR count). The van der Waals surface area contributed by atoms with Gasteiger partial charge in [-0.1, -0.05) is 38.6 Å². The zero-order chi connectivity index (χ0) is 28.6. The average molecular weight is 535 g/mol. The van der Waals surface area contributed by atoms with Crippen molar-refractivity contribution in [2.75, 3.05) is 26.8 Å². The van der Waals surface area contributed by atoms with Crippen LogP contribution in [0.3, 0.4) is 0 Å². The van der Waals surface area contributed by atoms with Crippen molar-refractivity contribution in [3.63, 3.8) is 0 Å². The summed E-state index contributed by atoms with van der Waals surface area (Å²) in [6.07, 6.45) is 5.13. The van der Waals surface area contributed by atoms with Gasteiger partial charge in [-0.3, -0.25) is 9.59 Å². The van der Waals surface area contributed by atoms with Crippen LogP contribution in [0.4, 0.5) is 0 Å². The molecule has 39 heavy (non-hydrogen) atoms. The Bertz CT molecular complexity index is 1270. The number of aromatic amines is 1. The molecular formula is C31H42N4O4. The Labute approximate surface area is 231 Å². The highest BCUT2D eigenvalue weighted by molar-refractivity contribution is 6.22. The molecule has 3 aromatic rings. The fraction of sp³-hybridized carbons (Fsp3) is 0.452. The van der Waals surface area contributed by atoms with Gasteiger partial charge < -0.3 is 24.7 Å². The van der Waals surface area contributed by atoms with E-state index in [1.165, 1.54) is 0 Å². The maximum atomic E-state index is 13.1. The van der Waals surface area contributed by atoms with Gasteiger partial charge in [0.2, 0.25) is 0 Å². The van der Waals surface area contributed by atoms with Crippen LogP contribution in [-0.4, -0.2) is 65.1 Å². The first-order valence-corrected chi connectivity index (χ1v) is 13.5. The number of nitrogens with one attached hydrogen (secondary N) is 2. The number of H-pyrrole nitrogens is 1. The summed E-state index contributed by atoms with van der Waals surface area (Å²) in [5.41, 5.74) is 1.83. The van der Waals surface area contributed by atoms with Crippen LogP contribution in [0.1, 0.15) is 63.4 Å². The van der Waals surface area contributed by atoms with E-state index in [2.05, 4.69) is 49.6 Å². The third-order valence-corrected chi connectivity index (χ3v) is 6.58. The summed E-state index contributed by atoms with van der Waals surface area (Å²) in [5, 5.41) is 3.66. The SMILES string of the molecule is C=C(C(=O)N[C@H](C)CN(C)C(=O)c1ccccc1)c1c[nH]c2nccc(OCCC(C)(C)OCCC(C)C)c12. The molecule has 8 nitrogen and oxygen atoms in total. The summed E-state index contributed by atoms with van der Waals surface area (Å²) in [4.78, 5) is 34.9. The predicted octanol–water partition coefficient (Wildman–Crippen LogP) is 5.46. The van der Waals surface area contributed by atoms with Crippen molar-refractivity contribution in [2.24, 2.45) is 5.92 Å². The molecule has 0 aliphatic heterocycles. The Morgan fingerprint density at radius 2 is 1.85 bits per heavy atom. The van der Waals surface area contributed by atoms with Crippen molar-refractivity contribution in [3.05, 3.63) is 66.5 Å². The van der Waals surface area contributed by atoms with Gasteiger partial charge in [-0.05, 0) is 51.3 Å². The third kappa shape index (κ3) is 8.42. The van der Waals surface area contributed by atoms with E-state index in [9.17, 15) is 9.59 Å². The number of nitrogens with zero attached hydrogens (tertiary/aromatic N) is 2. The molecule has 1 atom stereocenters. The van der Waals surface area contributed by atoms with Crippen molar-refractivity contribution in [1.29, 1.82) is 0 Å². The van der Waals surface area contributed by atoms with Crippen LogP contribution in [-0.2, 0) is 9.53 Å². The minimum Gasteiger partial charge on any atom is -0.493 e. The minimum absolute atomic E-state index is 0.103. The number of amides is 2. The molecule has 0 aliphatic rings. The molecule has 0 radical (unpaired) electrons. The molecule has 0 saturated carbocycles. The first kappa shape index (κ1) is 29.9. The smallest absolute Gasteiger partial charge is 0.253 e. The molecule has 210 valence electrons. The summed E-state index contributed by atoms with van der Waals surface area (Å²) in [6.45, 7) is 15.9.